The number of nitrogens with zero attached hydrogens (tertiary/aromatic N) is 4. The molecule has 3 rings (SSSR count). The van der Waals surface area contributed by atoms with Gasteiger partial charge in [0.2, 0.25) is 0 Å². The molecule has 0 saturated carbocycles. The third-order valence-electron chi connectivity index (χ3n) is 4.53. The molecule has 0 unspecified atom stereocenters. The van der Waals surface area contributed by atoms with E-state index in [0.717, 1.165) is 50.6 Å². The molecule has 26 heavy (non-hydrogen) atoms. The molecule has 2 heterocycles. The molecular formula is C19H25N5O2. The quantitative estimate of drug-likeness (QED) is 0.758. The monoisotopic (exact) mass is 355 g/mol. The average Bonchev–Trinajstić information content (AvgIpc) is 2.72. The Morgan fingerprint density at radius 1 is 1.19 bits per heavy atom. The van der Waals surface area contributed by atoms with Gasteiger partial charge in [0, 0.05) is 45.1 Å². The Morgan fingerprint density at radius 3 is 2.73 bits per heavy atom. The molecule has 1 amide bonds. The van der Waals surface area contributed by atoms with E-state index in [1.165, 1.54) is 12.4 Å². The number of piperazine rings is 1. The summed E-state index contributed by atoms with van der Waals surface area (Å²) >= 11 is 0. The third-order valence-corrected chi connectivity index (χ3v) is 4.53. The van der Waals surface area contributed by atoms with Crippen LogP contribution in [-0.4, -0.2) is 67.2 Å². The summed E-state index contributed by atoms with van der Waals surface area (Å²) in [6.07, 6.45) is 5.48. The maximum atomic E-state index is 11.9. The van der Waals surface area contributed by atoms with Crippen molar-refractivity contribution in [3.8, 4) is 5.75 Å². The molecule has 1 aliphatic rings. The number of amides is 1. The number of carbonyl (C=O) groups is 1. The van der Waals surface area contributed by atoms with Gasteiger partial charge in [-0.1, -0.05) is 12.1 Å². The lowest BCUT2D eigenvalue weighted by molar-refractivity contribution is 0.0946. The minimum absolute atomic E-state index is 0.168. The molecular weight excluding hydrogens is 330 g/mol. The van der Waals surface area contributed by atoms with Crippen molar-refractivity contribution in [3.05, 3.63) is 48.5 Å². The number of ether oxygens (including phenoxy) is 1. The second-order valence-corrected chi connectivity index (χ2v) is 6.20. The number of para-hydroxylation sites is 2. The first-order valence-electron chi connectivity index (χ1n) is 8.92. The lowest BCUT2D eigenvalue weighted by Gasteiger charge is -2.36. The fraction of sp³-hybridized carbons (Fsp3) is 0.421. The molecule has 1 N–H and O–H groups in total. The molecule has 138 valence electrons. The Morgan fingerprint density at radius 2 is 2.00 bits per heavy atom. The number of hydrogen-bond acceptors (Lipinski definition) is 6. The molecule has 1 aliphatic heterocycles. The Balaban J connectivity index is 1.37. The third kappa shape index (κ3) is 4.70. The van der Waals surface area contributed by atoms with E-state index in [1.54, 1.807) is 13.3 Å². The standard InChI is InChI=1S/C19H25N5O2/c1-26-18-6-3-2-5-17(18)24-13-11-23(12-14-24)10-4-7-22-19(25)16-15-20-8-9-21-16/h2-3,5-6,8-9,15H,4,7,10-14H2,1H3,(H,22,25). The van der Waals surface area contributed by atoms with Crippen molar-refractivity contribution in [1.82, 2.24) is 20.2 Å². The van der Waals surface area contributed by atoms with Crippen molar-refractivity contribution in [2.45, 2.75) is 6.42 Å². The van der Waals surface area contributed by atoms with Crippen molar-refractivity contribution in [3.63, 3.8) is 0 Å². The summed E-state index contributed by atoms with van der Waals surface area (Å²) in [5.74, 6) is 0.756. The second kappa shape index (κ2) is 9.15. The summed E-state index contributed by atoms with van der Waals surface area (Å²) in [5, 5.41) is 2.89. The van der Waals surface area contributed by atoms with E-state index < -0.39 is 0 Å². The minimum atomic E-state index is -0.168. The van der Waals surface area contributed by atoms with Crippen LogP contribution < -0.4 is 15.0 Å². The summed E-state index contributed by atoms with van der Waals surface area (Å²) in [5.41, 5.74) is 1.52. The van der Waals surface area contributed by atoms with Gasteiger partial charge >= 0.3 is 0 Å². The van der Waals surface area contributed by atoms with Crippen molar-refractivity contribution < 1.29 is 9.53 Å². The van der Waals surface area contributed by atoms with E-state index in [2.05, 4.69) is 31.2 Å². The molecule has 1 aromatic heterocycles. The van der Waals surface area contributed by atoms with Crippen LogP contribution in [0.25, 0.3) is 0 Å². The molecule has 7 heteroatoms. The highest BCUT2D eigenvalue weighted by Gasteiger charge is 2.19. The molecule has 0 aliphatic carbocycles. The van der Waals surface area contributed by atoms with E-state index in [1.807, 2.05) is 18.2 Å². The van der Waals surface area contributed by atoms with Crippen LogP contribution in [0.4, 0.5) is 5.69 Å². The van der Waals surface area contributed by atoms with Crippen LogP contribution in [0.15, 0.2) is 42.9 Å². The number of rotatable bonds is 7. The second-order valence-electron chi connectivity index (χ2n) is 6.20. The van der Waals surface area contributed by atoms with Crippen LogP contribution in [0, 0.1) is 0 Å². The number of aromatic nitrogens is 2. The van der Waals surface area contributed by atoms with Crippen LogP contribution in [0.3, 0.4) is 0 Å². The van der Waals surface area contributed by atoms with Gasteiger partial charge in [-0.25, -0.2) is 4.98 Å². The first-order chi connectivity index (χ1) is 12.8. The van der Waals surface area contributed by atoms with Crippen LogP contribution in [0.2, 0.25) is 0 Å². The molecule has 0 spiro atoms. The lowest BCUT2D eigenvalue weighted by Crippen LogP contribution is -2.47. The van der Waals surface area contributed by atoms with Crippen molar-refractivity contribution in [2.24, 2.45) is 0 Å². The highest BCUT2D eigenvalue weighted by atomic mass is 16.5. The topological polar surface area (TPSA) is 70.6 Å². The van der Waals surface area contributed by atoms with Gasteiger partial charge in [-0.05, 0) is 25.1 Å². The smallest absolute Gasteiger partial charge is 0.271 e. The van der Waals surface area contributed by atoms with E-state index in [0.29, 0.717) is 12.2 Å². The van der Waals surface area contributed by atoms with Crippen molar-refractivity contribution in [1.29, 1.82) is 0 Å². The van der Waals surface area contributed by atoms with Gasteiger partial charge in [-0.2, -0.15) is 0 Å². The van der Waals surface area contributed by atoms with Gasteiger partial charge in [0.15, 0.2) is 0 Å². The van der Waals surface area contributed by atoms with Crippen LogP contribution >= 0.6 is 0 Å². The fourth-order valence-electron chi connectivity index (χ4n) is 3.11. The predicted octanol–water partition coefficient (Wildman–Crippen LogP) is 1.43. The van der Waals surface area contributed by atoms with E-state index in [-0.39, 0.29) is 5.91 Å². The number of methoxy groups -OCH3 is 1. The molecule has 1 fully saturated rings. The lowest BCUT2D eigenvalue weighted by atomic mass is 10.2. The molecule has 7 nitrogen and oxygen atoms in total. The summed E-state index contributed by atoms with van der Waals surface area (Å²) in [6, 6.07) is 8.15. The number of anilines is 1. The number of nitrogens with one attached hydrogen (secondary N) is 1. The maximum absolute atomic E-state index is 11.9. The molecule has 1 saturated heterocycles. The first kappa shape index (κ1) is 18.1. The molecule has 0 atom stereocenters. The van der Waals surface area contributed by atoms with Gasteiger partial charge in [0.1, 0.15) is 11.4 Å². The highest BCUT2D eigenvalue weighted by Crippen LogP contribution is 2.28. The Kier molecular flexibility index (Phi) is 6.38. The zero-order valence-corrected chi connectivity index (χ0v) is 15.1. The van der Waals surface area contributed by atoms with Gasteiger partial charge in [0.05, 0.1) is 19.0 Å². The number of hydrogen-bond donors (Lipinski definition) is 1. The van der Waals surface area contributed by atoms with Gasteiger partial charge in [-0.15, -0.1) is 0 Å². The molecule has 0 radical (unpaired) electrons. The normalized spacial score (nSPS) is 14.9. The predicted molar refractivity (Wildman–Crippen MR) is 101 cm³/mol. The number of carbonyl (C=O) groups excluding carboxylic acids is 1. The zero-order valence-electron chi connectivity index (χ0n) is 15.1. The summed E-state index contributed by atoms with van der Waals surface area (Å²) in [6.45, 7) is 5.59. The van der Waals surface area contributed by atoms with E-state index in [9.17, 15) is 4.79 Å². The summed E-state index contributed by atoms with van der Waals surface area (Å²) in [7, 11) is 1.71. The average molecular weight is 355 g/mol. The Bertz CT molecular complexity index is 702. The van der Waals surface area contributed by atoms with Gasteiger partial charge < -0.3 is 15.0 Å². The Labute approximate surface area is 154 Å². The zero-order chi connectivity index (χ0) is 18.2. The largest absolute Gasteiger partial charge is 0.495 e. The molecule has 2 aromatic rings. The Hall–Kier alpha value is -2.67. The van der Waals surface area contributed by atoms with E-state index >= 15 is 0 Å². The molecule has 0 bridgehead atoms. The SMILES string of the molecule is COc1ccccc1N1CCN(CCCNC(=O)c2cnccn2)CC1. The summed E-state index contributed by atoms with van der Waals surface area (Å²) < 4.78 is 5.46. The van der Waals surface area contributed by atoms with E-state index in [4.69, 9.17) is 4.74 Å². The number of benzene rings is 1. The first-order valence-corrected chi connectivity index (χ1v) is 8.92. The maximum Gasteiger partial charge on any atom is 0.271 e. The highest BCUT2D eigenvalue weighted by molar-refractivity contribution is 5.91. The van der Waals surface area contributed by atoms with Gasteiger partial charge in [-0.3, -0.25) is 14.7 Å². The van der Waals surface area contributed by atoms with Crippen molar-refractivity contribution in [2.75, 3.05) is 51.3 Å². The van der Waals surface area contributed by atoms with Crippen molar-refractivity contribution >= 4 is 11.6 Å². The van der Waals surface area contributed by atoms with Crippen LogP contribution in [0.5, 0.6) is 5.75 Å². The summed E-state index contributed by atoms with van der Waals surface area (Å²) in [4.78, 5) is 24.6. The minimum Gasteiger partial charge on any atom is -0.495 e. The van der Waals surface area contributed by atoms with Crippen LogP contribution in [-0.2, 0) is 0 Å². The van der Waals surface area contributed by atoms with Crippen LogP contribution in [0.1, 0.15) is 16.9 Å². The van der Waals surface area contributed by atoms with Gasteiger partial charge in [0.25, 0.3) is 5.91 Å². The molecule has 1 aromatic carbocycles. The fourth-order valence-corrected chi connectivity index (χ4v) is 3.11.